The lowest BCUT2D eigenvalue weighted by atomic mass is 10.1. The highest BCUT2D eigenvalue weighted by Crippen LogP contribution is 2.17. The van der Waals surface area contributed by atoms with Gasteiger partial charge in [0.25, 0.3) is 0 Å². The molecule has 0 radical (unpaired) electrons. The largest absolute Gasteiger partial charge is 0.439 e. The van der Waals surface area contributed by atoms with Crippen LogP contribution in [0.5, 0.6) is 0 Å². The normalized spacial score (nSPS) is 17.5. The van der Waals surface area contributed by atoms with Crippen LogP contribution in [-0.2, 0) is 11.3 Å². The molecule has 0 aliphatic carbocycles. The molecule has 0 saturated carbocycles. The molecule has 1 fully saturated rings. The van der Waals surface area contributed by atoms with E-state index in [1.165, 1.54) is 0 Å². The zero-order valence-corrected chi connectivity index (χ0v) is 13.5. The van der Waals surface area contributed by atoms with Gasteiger partial charge in [0, 0.05) is 20.2 Å². The summed E-state index contributed by atoms with van der Waals surface area (Å²) >= 11 is 0. The highest BCUT2D eigenvalue weighted by molar-refractivity contribution is 5.74. The number of carbonyl (C=O) groups is 1. The summed E-state index contributed by atoms with van der Waals surface area (Å²) in [6.45, 7) is 1.90. The summed E-state index contributed by atoms with van der Waals surface area (Å²) in [7, 11) is 1.80. The smallest absolute Gasteiger partial charge is 0.317 e. The van der Waals surface area contributed by atoms with Gasteiger partial charge in [-0.05, 0) is 37.8 Å². The van der Waals surface area contributed by atoms with Crippen LogP contribution in [0, 0.1) is 0 Å². The van der Waals surface area contributed by atoms with Crippen molar-refractivity contribution in [3.63, 3.8) is 0 Å². The van der Waals surface area contributed by atoms with Gasteiger partial charge in [-0.25, -0.2) is 9.78 Å². The second-order valence-corrected chi connectivity index (χ2v) is 5.93. The third kappa shape index (κ3) is 4.22. The molecule has 2 heterocycles. The van der Waals surface area contributed by atoms with E-state index >= 15 is 0 Å². The first kappa shape index (κ1) is 15.8. The Labute approximate surface area is 135 Å². The van der Waals surface area contributed by atoms with Crippen LogP contribution in [0.2, 0.25) is 0 Å². The summed E-state index contributed by atoms with van der Waals surface area (Å²) in [5, 5.41) is 2.84. The minimum Gasteiger partial charge on any atom is -0.439 e. The molecule has 1 aliphatic rings. The standard InChI is InChI=1S/C17H23N3O3/c1-20(10-4-6-13-7-5-11-22-13)17(21)18-12-16-19-14-8-2-3-9-15(14)23-16/h2-3,8-9,13H,4-7,10-12H2,1H3,(H,18,21)/t13-/m0/s1. The molecule has 2 aromatic rings. The van der Waals surface area contributed by atoms with Gasteiger partial charge in [0.1, 0.15) is 5.52 Å². The monoisotopic (exact) mass is 317 g/mol. The molecule has 1 N–H and O–H groups in total. The third-order valence-electron chi connectivity index (χ3n) is 4.12. The number of para-hydroxylation sites is 2. The van der Waals surface area contributed by atoms with Crippen molar-refractivity contribution >= 4 is 17.1 Å². The van der Waals surface area contributed by atoms with Crippen molar-refractivity contribution in [3.05, 3.63) is 30.2 Å². The lowest BCUT2D eigenvalue weighted by Gasteiger charge is -2.18. The van der Waals surface area contributed by atoms with Crippen LogP contribution in [0.1, 0.15) is 31.6 Å². The molecule has 0 unspecified atom stereocenters. The van der Waals surface area contributed by atoms with Gasteiger partial charge in [0.15, 0.2) is 5.58 Å². The molecule has 0 spiro atoms. The molecule has 6 heteroatoms. The topological polar surface area (TPSA) is 67.6 Å². The Kier molecular flexibility index (Phi) is 5.12. The van der Waals surface area contributed by atoms with Gasteiger partial charge in [-0.2, -0.15) is 0 Å². The summed E-state index contributed by atoms with van der Waals surface area (Å²) in [6, 6.07) is 7.46. The van der Waals surface area contributed by atoms with Crippen LogP contribution < -0.4 is 5.32 Å². The fraction of sp³-hybridized carbons (Fsp3) is 0.529. The maximum atomic E-state index is 12.1. The van der Waals surface area contributed by atoms with Crippen LogP contribution in [0.15, 0.2) is 28.7 Å². The molecule has 3 rings (SSSR count). The van der Waals surface area contributed by atoms with E-state index in [4.69, 9.17) is 9.15 Å². The van der Waals surface area contributed by atoms with E-state index in [0.29, 0.717) is 18.5 Å². The number of amides is 2. The highest BCUT2D eigenvalue weighted by atomic mass is 16.5. The first-order chi connectivity index (χ1) is 11.2. The van der Waals surface area contributed by atoms with E-state index in [9.17, 15) is 4.79 Å². The summed E-state index contributed by atoms with van der Waals surface area (Å²) in [5.41, 5.74) is 1.54. The number of hydrogen-bond donors (Lipinski definition) is 1. The van der Waals surface area contributed by atoms with Crippen molar-refractivity contribution in [1.29, 1.82) is 0 Å². The number of ether oxygens (including phenoxy) is 1. The molecule has 1 aromatic heterocycles. The molecular formula is C17H23N3O3. The number of nitrogens with one attached hydrogen (secondary N) is 1. The number of urea groups is 1. The quantitative estimate of drug-likeness (QED) is 0.889. The van der Waals surface area contributed by atoms with E-state index in [-0.39, 0.29) is 6.03 Å². The van der Waals surface area contributed by atoms with Crippen molar-refractivity contribution in [3.8, 4) is 0 Å². The molecule has 23 heavy (non-hydrogen) atoms. The maximum absolute atomic E-state index is 12.1. The fourth-order valence-corrected chi connectivity index (χ4v) is 2.81. The van der Waals surface area contributed by atoms with Crippen LogP contribution in [-0.4, -0.2) is 42.2 Å². The maximum Gasteiger partial charge on any atom is 0.317 e. The summed E-state index contributed by atoms with van der Waals surface area (Å²) in [5.74, 6) is 0.521. The second-order valence-electron chi connectivity index (χ2n) is 5.93. The second kappa shape index (κ2) is 7.46. The Morgan fingerprint density at radius 3 is 3.09 bits per heavy atom. The Bertz CT molecular complexity index is 616. The Morgan fingerprint density at radius 1 is 1.43 bits per heavy atom. The molecule has 124 valence electrons. The van der Waals surface area contributed by atoms with Gasteiger partial charge < -0.3 is 19.4 Å². The van der Waals surface area contributed by atoms with Gasteiger partial charge in [-0.3, -0.25) is 0 Å². The molecule has 6 nitrogen and oxygen atoms in total. The average molecular weight is 317 g/mol. The highest BCUT2D eigenvalue weighted by Gasteiger charge is 2.16. The van der Waals surface area contributed by atoms with Crippen LogP contribution in [0.4, 0.5) is 4.79 Å². The van der Waals surface area contributed by atoms with Gasteiger partial charge in [0.05, 0.1) is 12.6 Å². The van der Waals surface area contributed by atoms with E-state index in [1.807, 2.05) is 24.3 Å². The van der Waals surface area contributed by atoms with E-state index < -0.39 is 0 Å². The molecule has 1 aliphatic heterocycles. The van der Waals surface area contributed by atoms with Gasteiger partial charge in [-0.15, -0.1) is 0 Å². The Morgan fingerprint density at radius 2 is 2.30 bits per heavy atom. The predicted molar refractivity (Wildman–Crippen MR) is 87.1 cm³/mol. The van der Waals surface area contributed by atoms with Crippen molar-refractivity contribution < 1.29 is 13.9 Å². The summed E-state index contributed by atoms with van der Waals surface area (Å²) in [6.07, 6.45) is 4.66. The average Bonchev–Trinajstić information content (AvgIpc) is 3.21. The Hall–Kier alpha value is -2.08. The van der Waals surface area contributed by atoms with Crippen LogP contribution in [0.3, 0.4) is 0 Å². The van der Waals surface area contributed by atoms with Crippen LogP contribution in [0.25, 0.3) is 11.1 Å². The third-order valence-corrected chi connectivity index (χ3v) is 4.12. The first-order valence-electron chi connectivity index (χ1n) is 8.17. The molecule has 2 amide bonds. The number of rotatable bonds is 6. The lowest BCUT2D eigenvalue weighted by molar-refractivity contribution is 0.100. The van der Waals surface area contributed by atoms with Gasteiger partial charge >= 0.3 is 6.03 Å². The summed E-state index contributed by atoms with van der Waals surface area (Å²) < 4.78 is 11.2. The molecule has 1 atom stereocenters. The molecule has 1 aromatic carbocycles. The number of aromatic nitrogens is 1. The van der Waals surface area contributed by atoms with E-state index in [0.717, 1.165) is 49.9 Å². The zero-order chi connectivity index (χ0) is 16.1. The van der Waals surface area contributed by atoms with Gasteiger partial charge in [0.2, 0.25) is 5.89 Å². The molecule has 1 saturated heterocycles. The lowest BCUT2D eigenvalue weighted by Crippen LogP contribution is -2.37. The van der Waals surface area contributed by atoms with Crippen molar-refractivity contribution in [2.75, 3.05) is 20.2 Å². The predicted octanol–water partition coefficient (Wildman–Crippen LogP) is 2.93. The molecular weight excluding hydrogens is 294 g/mol. The number of hydrogen-bond acceptors (Lipinski definition) is 4. The van der Waals surface area contributed by atoms with Crippen molar-refractivity contribution in [2.24, 2.45) is 0 Å². The van der Waals surface area contributed by atoms with E-state index in [1.54, 1.807) is 11.9 Å². The minimum absolute atomic E-state index is 0.111. The number of oxazole rings is 1. The number of fused-ring (bicyclic) bond motifs is 1. The molecule has 0 bridgehead atoms. The zero-order valence-electron chi connectivity index (χ0n) is 13.5. The summed E-state index contributed by atoms with van der Waals surface area (Å²) in [4.78, 5) is 18.1. The first-order valence-corrected chi connectivity index (χ1v) is 8.17. The Balaban J connectivity index is 1.40. The fourth-order valence-electron chi connectivity index (χ4n) is 2.81. The van der Waals surface area contributed by atoms with Gasteiger partial charge in [-0.1, -0.05) is 12.1 Å². The van der Waals surface area contributed by atoms with Crippen molar-refractivity contribution in [2.45, 2.75) is 38.3 Å². The minimum atomic E-state index is -0.111. The number of benzene rings is 1. The number of nitrogens with zero attached hydrogens (tertiary/aromatic N) is 2. The van der Waals surface area contributed by atoms with E-state index in [2.05, 4.69) is 10.3 Å². The van der Waals surface area contributed by atoms with Crippen molar-refractivity contribution in [1.82, 2.24) is 15.2 Å². The van der Waals surface area contributed by atoms with Crippen LogP contribution >= 0.6 is 0 Å². The SMILES string of the molecule is CN(CCC[C@H]1CCCO1)C(=O)NCc1nc2ccccc2o1. The number of carbonyl (C=O) groups excluding carboxylic acids is 1.